The molecule has 0 aromatic carbocycles. The van der Waals surface area contributed by atoms with Gasteiger partial charge >= 0.3 is 11.9 Å². The van der Waals surface area contributed by atoms with E-state index in [1.807, 2.05) is 54.7 Å². The molecule has 0 aromatic rings. The van der Waals surface area contributed by atoms with Gasteiger partial charge in [0.15, 0.2) is 6.10 Å². The summed E-state index contributed by atoms with van der Waals surface area (Å²) in [4.78, 5) is 24.1. The minimum atomic E-state index is -0.805. The third-order valence-electron chi connectivity index (χ3n) is 7.33. The van der Waals surface area contributed by atoms with E-state index >= 15 is 0 Å². The van der Waals surface area contributed by atoms with Crippen LogP contribution < -0.4 is 0 Å². The minimum absolute atomic E-state index is 0.109. The SMILES string of the molecule is CC/C=C/C=C/C=C/C=C/C=C/CCCC(=O)OCC(CO)OC(=O)CCCCCCCCCCCC/C=C/C=C/CCCCC. The van der Waals surface area contributed by atoms with Gasteiger partial charge in [0.25, 0.3) is 0 Å². The normalized spacial score (nSPS) is 13.2. The number of hydrogen-bond donors (Lipinski definition) is 1. The second-order valence-electron chi connectivity index (χ2n) is 11.7. The van der Waals surface area contributed by atoms with Gasteiger partial charge < -0.3 is 14.6 Å². The van der Waals surface area contributed by atoms with Crippen LogP contribution in [0.1, 0.15) is 142 Å². The molecule has 1 unspecified atom stereocenters. The van der Waals surface area contributed by atoms with E-state index in [0.29, 0.717) is 12.8 Å². The lowest BCUT2D eigenvalue weighted by atomic mass is 10.1. The summed E-state index contributed by atoms with van der Waals surface area (Å²) in [5, 5.41) is 9.52. The summed E-state index contributed by atoms with van der Waals surface area (Å²) in [7, 11) is 0. The smallest absolute Gasteiger partial charge is 0.306 e. The molecule has 0 saturated heterocycles. The van der Waals surface area contributed by atoms with Gasteiger partial charge in [0.05, 0.1) is 6.61 Å². The summed E-state index contributed by atoms with van der Waals surface area (Å²) in [6.45, 7) is 3.87. The third kappa shape index (κ3) is 34.0. The lowest BCUT2D eigenvalue weighted by molar-refractivity contribution is -0.161. The van der Waals surface area contributed by atoms with Gasteiger partial charge in [-0.3, -0.25) is 9.59 Å². The molecule has 0 bridgehead atoms. The van der Waals surface area contributed by atoms with Crippen LogP contribution in [0.5, 0.6) is 0 Å². The molecule has 0 spiro atoms. The molecule has 0 fully saturated rings. The quantitative estimate of drug-likeness (QED) is 0.0465. The minimum Gasteiger partial charge on any atom is -0.462 e. The highest BCUT2D eigenvalue weighted by atomic mass is 16.6. The molecule has 0 aromatic heterocycles. The van der Waals surface area contributed by atoms with Crippen molar-refractivity contribution in [2.24, 2.45) is 0 Å². The zero-order chi connectivity index (χ0) is 33.6. The van der Waals surface area contributed by atoms with E-state index in [1.54, 1.807) is 0 Å². The van der Waals surface area contributed by atoms with Crippen molar-refractivity contribution < 1.29 is 24.2 Å². The molecule has 0 saturated carbocycles. The molecule has 0 rings (SSSR count). The van der Waals surface area contributed by atoms with Gasteiger partial charge in [0, 0.05) is 12.8 Å². The Hall–Kier alpha value is -2.92. The number of carbonyl (C=O) groups is 2. The van der Waals surface area contributed by atoms with E-state index in [1.165, 1.54) is 77.0 Å². The van der Waals surface area contributed by atoms with E-state index in [2.05, 4.69) is 44.2 Å². The van der Waals surface area contributed by atoms with Crippen LogP contribution in [0.4, 0.5) is 0 Å². The van der Waals surface area contributed by atoms with Crippen molar-refractivity contribution in [3.63, 3.8) is 0 Å². The summed E-state index contributed by atoms with van der Waals surface area (Å²) >= 11 is 0. The number of aliphatic hydroxyl groups is 1. The molecule has 0 radical (unpaired) electrons. The van der Waals surface area contributed by atoms with E-state index in [9.17, 15) is 14.7 Å². The molecule has 0 heterocycles. The molecule has 0 aliphatic rings. The molecular weight excluding hydrogens is 572 g/mol. The number of hydrogen-bond acceptors (Lipinski definition) is 5. The van der Waals surface area contributed by atoms with Gasteiger partial charge in [-0.2, -0.15) is 0 Å². The summed E-state index contributed by atoms with van der Waals surface area (Å²) in [6.07, 6.45) is 49.3. The lowest BCUT2D eigenvalue weighted by Gasteiger charge is -2.15. The van der Waals surface area contributed by atoms with Crippen LogP contribution >= 0.6 is 0 Å². The Labute approximate surface area is 282 Å². The summed E-state index contributed by atoms with van der Waals surface area (Å²) < 4.78 is 10.5. The van der Waals surface area contributed by atoms with Gasteiger partial charge in [-0.15, -0.1) is 0 Å². The first-order chi connectivity index (χ1) is 22.6. The number of unbranched alkanes of at least 4 members (excludes halogenated alkanes) is 14. The van der Waals surface area contributed by atoms with Gasteiger partial charge in [-0.25, -0.2) is 0 Å². The van der Waals surface area contributed by atoms with Gasteiger partial charge in [-0.05, 0) is 51.4 Å². The predicted octanol–water partition coefficient (Wildman–Crippen LogP) is 11.2. The first kappa shape index (κ1) is 43.1. The number of allylic oxidation sites excluding steroid dienone is 14. The van der Waals surface area contributed by atoms with Crippen molar-refractivity contribution in [3.05, 3.63) is 85.1 Å². The Bertz CT molecular complexity index is 906. The summed E-state index contributed by atoms with van der Waals surface area (Å²) in [5.41, 5.74) is 0. The largest absolute Gasteiger partial charge is 0.462 e. The number of esters is 2. The van der Waals surface area contributed by atoms with Crippen LogP contribution in [0.15, 0.2) is 85.1 Å². The van der Waals surface area contributed by atoms with Gasteiger partial charge in [0.2, 0.25) is 0 Å². The average molecular weight is 639 g/mol. The zero-order valence-corrected chi connectivity index (χ0v) is 29.3. The second-order valence-corrected chi connectivity index (χ2v) is 11.7. The Morgan fingerprint density at radius 3 is 1.50 bits per heavy atom. The zero-order valence-electron chi connectivity index (χ0n) is 29.3. The van der Waals surface area contributed by atoms with Crippen LogP contribution in [-0.4, -0.2) is 36.4 Å². The maximum atomic E-state index is 12.1. The molecule has 0 aliphatic heterocycles. The van der Waals surface area contributed by atoms with Crippen LogP contribution in [0.3, 0.4) is 0 Å². The third-order valence-corrected chi connectivity index (χ3v) is 7.33. The van der Waals surface area contributed by atoms with E-state index in [0.717, 1.165) is 32.1 Å². The molecule has 5 heteroatoms. The van der Waals surface area contributed by atoms with E-state index in [4.69, 9.17) is 9.47 Å². The van der Waals surface area contributed by atoms with Crippen molar-refractivity contribution in [1.82, 2.24) is 0 Å². The Morgan fingerprint density at radius 1 is 0.522 bits per heavy atom. The first-order valence-electron chi connectivity index (χ1n) is 18.2. The number of ether oxygens (including phenoxy) is 2. The highest BCUT2D eigenvalue weighted by Gasteiger charge is 2.16. The molecule has 260 valence electrons. The highest BCUT2D eigenvalue weighted by molar-refractivity contribution is 5.70. The first-order valence-corrected chi connectivity index (χ1v) is 18.2. The van der Waals surface area contributed by atoms with Crippen molar-refractivity contribution in [2.45, 2.75) is 148 Å². The van der Waals surface area contributed by atoms with Crippen LogP contribution in [0.25, 0.3) is 0 Å². The maximum Gasteiger partial charge on any atom is 0.306 e. The number of carbonyl (C=O) groups excluding carboxylic acids is 2. The van der Waals surface area contributed by atoms with E-state index in [-0.39, 0.29) is 31.6 Å². The Morgan fingerprint density at radius 2 is 0.957 bits per heavy atom. The van der Waals surface area contributed by atoms with Crippen molar-refractivity contribution >= 4 is 11.9 Å². The lowest BCUT2D eigenvalue weighted by Crippen LogP contribution is -2.28. The number of rotatable bonds is 31. The topological polar surface area (TPSA) is 72.8 Å². The molecular formula is C41H66O5. The fraction of sp³-hybridized carbons (Fsp3) is 0.610. The fourth-order valence-corrected chi connectivity index (χ4v) is 4.57. The van der Waals surface area contributed by atoms with Crippen LogP contribution in [-0.2, 0) is 19.1 Å². The summed E-state index contributed by atoms with van der Waals surface area (Å²) in [6, 6.07) is 0. The van der Waals surface area contributed by atoms with Crippen molar-refractivity contribution in [3.8, 4) is 0 Å². The summed E-state index contributed by atoms with van der Waals surface area (Å²) in [5.74, 6) is -0.691. The maximum absolute atomic E-state index is 12.1. The molecule has 1 atom stereocenters. The van der Waals surface area contributed by atoms with Crippen molar-refractivity contribution in [1.29, 1.82) is 0 Å². The predicted molar refractivity (Wildman–Crippen MR) is 196 cm³/mol. The molecule has 0 aliphatic carbocycles. The van der Waals surface area contributed by atoms with Crippen molar-refractivity contribution in [2.75, 3.05) is 13.2 Å². The second kappa shape index (κ2) is 36.5. The fourth-order valence-electron chi connectivity index (χ4n) is 4.57. The molecule has 1 N–H and O–H groups in total. The monoisotopic (exact) mass is 638 g/mol. The average Bonchev–Trinajstić information content (AvgIpc) is 3.06. The standard InChI is InChI=1S/C41H66O5/c1-3-5-7-9-11-13-15-17-18-19-20-21-22-24-26-28-30-32-34-36-41(44)46-39(37-42)38-45-40(43)35-33-31-29-27-25-23-16-14-12-10-8-6-4-2/h6,8,10-17,23,25,27,29,39,42H,3-5,7,9,18-22,24,26,28,30-38H2,1-2H3/b8-6+,12-10+,13-11+,16-14+,17-15+,25-23+,29-27+. The van der Waals surface area contributed by atoms with E-state index < -0.39 is 6.10 Å². The Kier molecular flexibility index (Phi) is 34.2. The number of aliphatic hydroxyl groups excluding tert-OH is 1. The van der Waals surface area contributed by atoms with Crippen LogP contribution in [0.2, 0.25) is 0 Å². The Balaban J connectivity index is 3.68. The van der Waals surface area contributed by atoms with Gasteiger partial charge in [-0.1, -0.05) is 163 Å². The molecule has 46 heavy (non-hydrogen) atoms. The van der Waals surface area contributed by atoms with Gasteiger partial charge in [0.1, 0.15) is 6.61 Å². The highest BCUT2D eigenvalue weighted by Crippen LogP contribution is 2.13. The van der Waals surface area contributed by atoms with Crippen LogP contribution in [0, 0.1) is 0 Å². The molecule has 0 amide bonds. The molecule has 5 nitrogen and oxygen atoms in total.